The van der Waals surface area contributed by atoms with Crippen LogP contribution in [0.25, 0.3) is 0 Å². The Morgan fingerprint density at radius 2 is 1.41 bits per heavy atom. The molecule has 1 unspecified atom stereocenters. The van der Waals surface area contributed by atoms with Gasteiger partial charge < -0.3 is 40.0 Å². The number of ether oxygens (including phenoxy) is 3. The standard InChI is InChI=1S/C47H63BN6O9/c1-45(2,3)62-32-18-16-30(17-19-32)22-37(41(57)50-38(42(58)61-8)23-29-14-10-9-11-15-29)51-43(59)47(20-12-13-21-47)53-40(56)35-26-33(63-46(4,5)6)25-34(35)39(55)36(52-44(48)60)24-31-27-49-28-54(31)7/h9-11,14-19,27-28,33-38H,12-13,20-26H2,1-8H3,(H,50,57)(H,51,59)(H,52,60)(H,53,56)/t33-,34?,35+,36-,37-,38-/m0/s1. The lowest BCUT2D eigenvalue weighted by atomic mass is 9.84. The summed E-state index contributed by atoms with van der Waals surface area (Å²) in [5.74, 6) is -4.77. The molecule has 1 heterocycles. The van der Waals surface area contributed by atoms with E-state index >= 15 is 0 Å². The van der Waals surface area contributed by atoms with E-state index in [1.54, 1.807) is 36.3 Å². The van der Waals surface area contributed by atoms with E-state index < -0.39 is 82.3 Å². The highest BCUT2D eigenvalue weighted by Crippen LogP contribution is 2.39. The van der Waals surface area contributed by atoms with Gasteiger partial charge in [0.15, 0.2) is 11.6 Å². The predicted octanol–water partition coefficient (Wildman–Crippen LogP) is 4.22. The van der Waals surface area contributed by atoms with Crippen molar-refractivity contribution in [1.82, 2.24) is 30.8 Å². The molecule has 16 heteroatoms. The summed E-state index contributed by atoms with van der Waals surface area (Å²) in [5.41, 5.74) is -0.254. The van der Waals surface area contributed by atoms with Crippen LogP contribution in [0.3, 0.4) is 0 Å². The molecule has 0 aliphatic heterocycles. The van der Waals surface area contributed by atoms with Crippen LogP contribution in [0, 0.1) is 11.8 Å². The van der Waals surface area contributed by atoms with Crippen molar-refractivity contribution >= 4 is 43.1 Å². The molecule has 4 N–H and O–H groups in total. The number of imidazole rings is 1. The molecule has 15 nitrogen and oxygen atoms in total. The molecule has 2 aromatic carbocycles. The predicted molar refractivity (Wildman–Crippen MR) is 237 cm³/mol. The number of hydrogen-bond acceptors (Lipinski definition) is 10. The summed E-state index contributed by atoms with van der Waals surface area (Å²) in [4.78, 5) is 87.5. The second kappa shape index (κ2) is 20.8. The first-order chi connectivity index (χ1) is 29.6. The van der Waals surface area contributed by atoms with Crippen LogP contribution in [-0.2, 0) is 59.8 Å². The smallest absolute Gasteiger partial charge is 0.328 e. The molecule has 0 saturated heterocycles. The van der Waals surface area contributed by atoms with E-state index in [1.807, 2.05) is 84.0 Å². The number of nitrogens with zero attached hydrogens (tertiary/aromatic N) is 2. The Balaban J connectivity index is 1.42. The lowest BCUT2D eigenvalue weighted by Gasteiger charge is -2.33. The minimum Gasteiger partial charge on any atom is -0.488 e. The molecular formula is C47H63BN6O9. The van der Waals surface area contributed by atoms with Crippen LogP contribution in [0.2, 0.25) is 0 Å². The van der Waals surface area contributed by atoms with Crippen LogP contribution in [0.1, 0.15) is 96.9 Å². The van der Waals surface area contributed by atoms with Gasteiger partial charge >= 0.3 is 5.97 Å². The maximum Gasteiger partial charge on any atom is 0.328 e. The number of benzene rings is 2. The van der Waals surface area contributed by atoms with Crippen LogP contribution in [0.4, 0.5) is 4.79 Å². The van der Waals surface area contributed by atoms with Crippen molar-refractivity contribution in [3.63, 3.8) is 0 Å². The number of Topliss-reactive ketones (excluding diaryl/α,β-unsaturated/α-hetero) is 1. The molecule has 0 bridgehead atoms. The van der Waals surface area contributed by atoms with Gasteiger partial charge in [-0.15, -0.1) is 0 Å². The van der Waals surface area contributed by atoms with Gasteiger partial charge in [0.2, 0.25) is 25.6 Å². The fourth-order valence-electron chi connectivity index (χ4n) is 8.60. The first-order valence-corrected chi connectivity index (χ1v) is 21.7. The highest BCUT2D eigenvalue weighted by molar-refractivity contribution is 6.57. The largest absolute Gasteiger partial charge is 0.488 e. The summed E-state index contributed by atoms with van der Waals surface area (Å²) in [6.45, 7) is 11.5. The third-order valence-corrected chi connectivity index (χ3v) is 11.5. The van der Waals surface area contributed by atoms with Gasteiger partial charge in [-0.3, -0.25) is 24.0 Å². The number of methoxy groups -OCH3 is 1. The summed E-state index contributed by atoms with van der Waals surface area (Å²) >= 11 is 0. The fraction of sp³-hybridized carbons (Fsp3) is 0.553. The lowest BCUT2D eigenvalue weighted by Crippen LogP contribution is -2.62. The van der Waals surface area contributed by atoms with E-state index in [9.17, 15) is 28.8 Å². The van der Waals surface area contributed by atoms with E-state index in [0.29, 0.717) is 29.8 Å². The van der Waals surface area contributed by atoms with Gasteiger partial charge in [0.05, 0.1) is 37.1 Å². The van der Waals surface area contributed by atoms with Crippen molar-refractivity contribution in [3.8, 4) is 5.75 Å². The summed E-state index contributed by atoms with van der Waals surface area (Å²) < 4.78 is 19.1. The Kier molecular flexibility index (Phi) is 16.0. The average Bonchev–Trinajstić information content (AvgIpc) is 3.97. The molecule has 1 aromatic heterocycles. The molecule has 2 aliphatic rings. The topological polar surface area (TPSA) is 196 Å². The molecule has 4 amide bonds. The van der Waals surface area contributed by atoms with Crippen molar-refractivity contribution in [2.24, 2.45) is 18.9 Å². The zero-order valence-electron chi connectivity index (χ0n) is 37.8. The highest BCUT2D eigenvalue weighted by atomic mass is 16.5. The minimum atomic E-state index is -1.41. The van der Waals surface area contributed by atoms with Crippen LogP contribution < -0.4 is 26.0 Å². The van der Waals surface area contributed by atoms with Crippen molar-refractivity contribution in [3.05, 3.63) is 83.9 Å². The Morgan fingerprint density at radius 3 is 1.98 bits per heavy atom. The first kappa shape index (κ1) is 48.5. The molecule has 0 spiro atoms. The molecule has 2 aliphatic carbocycles. The van der Waals surface area contributed by atoms with Crippen molar-refractivity contribution in [2.75, 3.05) is 7.11 Å². The Hall–Kier alpha value is -5.51. The number of amides is 4. The van der Waals surface area contributed by atoms with Crippen LogP contribution >= 0.6 is 0 Å². The van der Waals surface area contributed by atoms with E-state index in [2.05, 4.69) is 26.3 Å². The second-order valence-electron chi connectivity index (χ2n) is 18.8. The van der Waals surface area contributed by atoms with E-state index in [0.717, 1.165) is 5.56 Å². The number of rotatable bonds is 18. The van der Waals surface area contributed by atoms with E-state index in [4.69, 9.17) is 22.1 Å². The number of esters is 1. The summed E-state index contributed by atoms with van der Waals surface area (Å²) in [5, 5.41) is 11.4. The third kappa shape index (κ3) is 13.7. The number of carbonyl (C=O) groups is 6. The Bertz CT molecular complexity index is 2070. The highest BCUT2D eigenvalue weighted by Gasteiger charge is 2.50. The number of ketones is 1. The van der Waals surface area contributed by atoms with E-state index in [1.165, 1.54) is 7.11 Å². The summed E-state index contributed by atoms with van der Waals surface area (Å²) in [6, 6.07) is 13.1. The quantitative estimate of drug-likeness (QED) is 0.106. The molecule has 2 saturated carbocycles. The second-order valence-corrected chi connectivity index (χ2v) is 18.8. The van der Waals surface area contributed by atoms with Crippen molar-refractivity contribution in [1.29, 1.82) is 0 Å². The monoisotopic (exact) mass is 866 g/mol. The van der Waals surface area contributed by atoms with Crippen LogP contribution in [-0.4, -0.2) is 101 Å². The number of carbonyl (C=O) groups excluding carboxylic acids is 6. The zero-order valence-corrected chi connectivity index (χ0v) is 37.8. The SMILES string of the molecule is [B]C(=O)N[C@@H](Cc1cncn1C)C(=O)C1C[C@H](OC(C)(C)C)C[C@H]1C(=O)NC1(C(=O)N[C@@H](Cc2ccc(OC(C)(C)C)cc2)C(=O)N[C@@H](Cc2ccccc2)C(=O)OC)CCCC1. The van der Waals surface area contributed by atoms with Gasteiger partial charge in [-0.2, -0.15) is 0 Å². The number of aromatic nitrogens is 2. The van der Waals surface area contributed by atoms with Gasteiger partial charge in [-0.1, -0.05) is 55.3 Å². The summed E-state index contributed by atoms with van der Waals surface area (Å²) in [6.07, 6.45) is 5.24. The molecule has 6 atom stereocenters. The molecule has 5 rings (SSSR count). The Labute approximate surface area is 372 Å². The van der Waals surface area contributed by atoms with Gasteiger partial charge in [0, 0.05) is 44.1 Å². The lowest BCUT2D eigenvalue weighted by molar-refractivity contribution is -0.145. The normalized spacial score (nSPS) is 19.8. The molecule has 2 fully saturated rings. The number of hydrogen-bond donors (Lipinski definition) is 4. The molecule has 3 aromatic rings. The molecule has 63 heavy (non-hydrogen) atoms. The Morgan fingerprint density at radius 1 is 0.794 bits per heavy atom. The maximum absolute atomic E-state index is 14.7. The summed E-state index contributed by atoms with van der Waals surface area (Å²) in [7, 11) is 8.57. The average molecular weight is 867 g/mol. The number of nitrogens with one attached hydrogen (secondary N) is 4. The van der Waals surface area contributed by atoms with Crippen molar-refractivity contribution < 1.29 is 43.0 Å². The van der Waals surface area contributed by atoms with Crippen LogP contribution in [0.15, 0.2) is 67.1 Å². The van der Waals surface area contributed by atoms with Gasteiger partial charge in [0.25, 0.3) is 0 Å². The number of aryl methyl sites for hydroxylation is 1. The maximum atomic E-state index is 14.7. The zero-order chi connectivity index (χ0) is 46.1. The van der Waals surface area contributed by atoms with Crippen molar-refractivity contribution in [2.45, 2.75) is 140 Å². The molecule has 338 valence electrons. The molecular weight excluding hydrogens is 803 g/mol. The van der Waals surface area contributed by atoms with E-state index in [-0.39, 0.29) is 50.7 Å². The first-order valence-electron chi connectivity index (χ1n) is 21.7. The van der Waals surface area contributed by atoms with Crippen LogP contribution in [0.5, 0.6) is 5.75 Å². The minimum absolute atomic E-state index is 0.0482. The van der Waals surface area contributed by atoms with Gasteiger partial charge in [-0.25, -0.2) is 9.78 Å². The fourth-order valence-corrected chi connectivity index (χ4v) is 8.60. The third-order valence-electron chi connectivity index (χ3n) is 11.5. The van der Waals surface area contributed by atoms with Gasteiger partial charge in [-0.05, 0) is 90.5 Å². The molecule has 2 radical (unpaired) electrons. The van der Waals surface area contributed by atoms with Gasteiger partial charge in [0.1, 0.15) is 29.0 Å².